The number of furan rings is 2. The molecule has 100 valence electrons. The van der Waals surface area contributed by atoms with E-state index >= 15 is 0 Å². The van der Waals surface area contributed by atoms with E-state index in [4.69, 9.17) is 8.83 Å². The first-order valence-electron chi connectivity index (χ1n) is 6.27. The molecule has 0 fully saturated rings. The number of hydrogen-bond acceptors (Lipinski definition) is 3. The van der Waals surface area contributed by atoms with Gasteiger partial charge in [-0.3, -0.25) is 4.79 Å². The molecule has 0 saturated heterocycles. The van der Waals surface area contributed by atoms with Gasteiger partial charge in [-0.05, 0) is 36.4 Å². The molecule has 1 amide bonds. The SMILES string of the molecule is O=C(Nc1ccccc1)C(c1ccco1)c1ccco1. The molecule has 2 heterocycles. The highest BCUT2D eigenvalue weighted by atomic mass is 16.3. The van der Waals surface area contributed by atoms with Gasteiger partial charge in [0.1, 0.15) is 11.5 Å². The highest BCUT2D eigenvalue weighted by Gasteiger charge is 2.27. The Hall–Kier alpha value is -2.75. The molecule has 0 saturated carbocycles. The summed E-state index contributed by atoms with van der Waals surface area (Å²) in [6, 6.07) is 16.3. The number of anilines is 1. The zero-order valence-electron chi connectivity index (χ0n) is 10.7. The minimum absolute atomic E-state index is 0.193. The zero-order valence-corrected chi connectivity index (χ0v) is 10.7. The first-order valence-corrected chi connectivity index (χ1v) is 6.27. The molecular formula is C16H13NO3. The molecular weight excluding hydrogens is 254 g/mol. The third-order valence-electron chi connectivity index (χ3n) is 2.96. The second-order valence-electron chi connectivity index (χ2n) is 4.32. The lowest BCUT2D eigenvalue weighted by Gasteiger charge is -2.12. The number of nitrogens with one attached hydrogen (secondary N) is 1. The summed E-state index contributed by atoms with van der Waals surface area (Å²) in [6.45, 7) is 0. The van der Waals surface area contributed by atoms with Crippen molar-refractivity contribution in [2.24, 2.45) is 0 Å². The van der Waals surface area contributed by atoms with E-state index in [0.29, 0.717) is 11.5 Å². The zero-order chi connectivity index (χ0) is 13.8. The largest absolute Gasteiger partial charge is 0.468 e. The smallest absolute Gasteiger partial charge is 0.242 e. The van der Waals surface area contributed by atoms with Crippen molar-refractivity contribution in [3.05, 3.63) is 78.6 Å². The van der Waals surface area contributed by atoms with Gasteiger partial charge in [0.2, 0.25) is 5.91 Å². The minimum Gasteiger partial charge on any atom is -0.468 e. The Kier molecular flexibility index (Phi) is 3.37. The van der Waals surface area contributed by atoms with E-state index in [0.717, 1.165) is 5.69 Å². The molecule has 0 aliphatic carbocycles. The van der Waals surface area contributed by atoms with Crippen molar-refractivity contribution in [2.45, 2.75) is 5.92 Å². The fourth-order valence-electron chi connectivity index (χ4n) is 2.05. The summed E-state index contributed by atoms with van der Waals surface area (Å²) >= 11 is 0. The average Bonchev–Trinajstić information content (AvgIpc) is 3.14. The Balaban J connectivity index is 1.88. The highest BCUT2D eigenvalue weighted by Crippen LogP contribution is 2.27. The Labute approximate surface area is 116 Å². The summed E-state index contributed by atoms with van der Waals surface area (Å²) in [5, 5.41) is 2.86. The Morgan fingerprint density at radius 2 is 1.45 bits per heavy atom. The maximum absolute atomic E-state index is 12.5. The molecule has 1 aromatic carbocycles. The van der Waals surface area contributed by atoms with E-state index in [-0.39, 0.29) is 5.91 Å². The van der Waals surface area contributed by atoms with Gasteiger partial charge in [0, 0.05) is 5.69 Å². The van der Waals surface area contributed by atoms with Crippen LogP contribution in [-0.4, -0.2) is 5.91 Å². The minimum atomic E-state index is -0.597. The van der Waals surface area contributed by atoms with Crippen LogP contribution in [0.3, 0.4) is 0 Å². The van der Waals surface area contributed by atoms with Crippen molar-refractivity contribution < 1.29 is 13.6 Å². The van der Waals surface area contributed by atoms with Crippen LogP contribution in [0.25, 0.3) is 0 Å². The van der Waals surface area contributed by atoms with Crippen molar-refractivity contribution >= 4 is 11.6 Å². The van der Waals surface area contributed by atoms with Crippen LogP contribution in [0, 0.1) is 0 Å². The van der Waals surface area contributed by atoms with Crippen LogP contribution in [0.15, 0.2) is 76.0 Å². The van der Waals surface area contributed by atoms with E-state index < -0.39 is 5.92 Å². The summed E-state index contributed by atoms with van der Waals surface area (Å²) in [7, 11) is 0. The van der Waals surface area contributed by atoms with Gasteiger partial charge < -0.3 is 14.2 Å². The topological polar surface area (TPSA) is 55.4 Å². The molecule has 20 heavy (non-hydrogen) atoms. The number of benzene rings is 1. The molecule has 1 N–H and O–H groups in total. The number of carbonyl (C=O) groups is 1. The van der Waals surface area contributed by atoms with Crippen molar-refractivity contribution in [1.29, 1.82) is 0 Å². The number of para-hydroxylation sites is 1. The lowest BCUT2D eigenvalue weighted by molar-refractivity contribution is -0.117. The van der Waals surface area contributed by atoms with Crippen molar-refractivity contribution in [2.75, 3.05) is 5.32 Å². The van der Waals surface area contributed by atoms with Crippen LogP contribution in [0.2, 0.25) is 0 Å². The monoisotopic (exact) mass is 267 g/mol. The fourth-order valence-corrected chi connectivity index (χ4v) is 2.05. The van der Waals surface area contributed by atoms with E-state index in [2.05, 4.69) is 5.32 Å². The molecule has 2 aromatic heterocycles. The number of amides is 1. The van der Waals surface area contributed by atoms with E-state index in [1.165, 1.54) is 0 Å². The summed E-state index contributed by atoms with van der Waals surface area (Å²) in [6.07, 6.45) is 3.09. The second-order valence-corrected chi connectivity index (χ2v) is 4.32. The van der Waals surface area contributed by atoms with Crippen LogP contribution >= 0.6 is 0 Å². The quantitative estimate of drug-likeness (QED) is 0.785. The molecule has 4 nitrogen and oxygen atoms in total. The molecule has 3 rings (SSSR count). The maximum Gasteiger partial charge on any atom is 0.242 e. The normalized spacial score (nSPS) is 10.7. The van der Waals surface area contributed by atoms with Gasteiger partial charge in [0.25, 0.3) is 0 Å². The van der Waals surface area contributed by atoms with Crippen molar-refractivity contribution in [3.8, 4) is 0 Å². The summed E-state index contributed by atoms with van der Waals surface area (Å²) in [5.74, 6) is 0.308. The first-order chi connectivity index (χ1) is 9.84. The van der Waals surface area contributed by atoms with Gasteiger partial charge >= 0.3 is 0 Å². The Morgan fingerprint density at radius 1 is 0.850 bits per heavy atom. The molecule has 3 aromatic rings. The Morgan fingerprint density at radius 3 is 1.95 bits per heavy atom. The maximum atomic E-state index is 12.5. The first kappa shape index (κ1) is 12.3. The predicted octanol–water partition coefficient (Wildman–Crippen LogP) is 3.64. The van der Waals surface area contributed by atoms with Gasteiger partial charge in [-0.2, -0.15) is 0 Å². The predicted molar refractivity (Wildman–Crippen MR) is 74.3 cm³/mol. The lowest BCUT2D eigenvalue weighted by atomic mass is 10.0. The molecule has 0 bridgehead atoms. The van der Waals surface area contributed by atoms with Gasteiger partial charge in [-0.1, -0.05) is 18.2 Å². The molecule has 4 heteroatoms. The standard InChI is InChI=1S/C16H13NO3/c18-16(17-12-6-2-1-3-7-12)15(13-8-4-10-19-13)14-9-5-11-20-14/h1-11,15H,(H,17,18). The van der Waals surface area contributed by atoms with Gasteiger partial charge in [0.15, 0.2) is 5.92 Å². The van der Waals surface area contributed by atoms with E-state index in [1.807, 2.05) is 30.3 Å². The molecule has 0 aliphatic heterocycles. The molecule has 0 aliphatic rings. The van der Waals surface area contributed by atoms with Crippen LogP contribution in [0.4, 0.5) is 5.69 Å². The van der Waals surface area contributed by atoms with Crippen LogP contribution in [0.1, 0.15) is 17.4 Å². The van der Waals surface area contributed by atoms with Gasteiger partial charge in [0.05, 0.1) is 12.5 Å². The Bertz CT molecular complexity index is 623. The van der Waals surface area contributed by atoms with Crippen LogP contribution in [0.5, 0.6) is 0 Å². The number of carbonyl (C=O) groups excluding carboxylic acids is 1. The van der Waals surface area contributed by atoms with Crippen molar-refractivity contribution in [1.82, 2.24) is 0 Å². The van der Waals surface area contributed by atoms with Crippen LogP contribution in [-0.2, 0) is 4.79 Å². The fraction of sp³-hybridized carbons (Fsp3) is 0.0625. The molecule has 0 atom stereocenters. The third-order valence-corrected chi connectivity index (χ3v) is 2.96. The van der Waals surface area contributed by atoms with E-state index in [9.17, 15) is 4.79 Å². The molecule has 0 spiro atoms. The third kappa shape index (κ3) is 2.49. The highest BCUT2D eigenvalue weighted by molar-refractivity contribution is 5.97. The van der Waals surface area contributed by atoms with E-state index in [1.54, 1.807) is 36.8 Å². The van der Waals surface area contributed by atoms with Gasteiger partial charge in [-0.25, -0.2) is 0 Å². The number of hydrogen-bond donors (Lipinski definition) is 1. The lowest BCUT2D eigenvalue weighted by Crippen LogP contribution is -2.21. The van der Waals surface area contributed by atoms with Gasteiger partial charge in [-0.15, -0.1) is 0 Å². The summed E-state index contributed by atoms with van der Waals surface area (Å²) in [4.78, 5) is 12.5. The summed E-state index contributed by atoms with van der Waals surface area (Å²) < 4.78 is 10.7. The second kappa shape index (κ2) is 5.48. The van der Waals surface area contributed by atoms with Crippen molar-refractivity contribution in [3.63, 3.8) is 0 Å². The molecule has 0 unspecified atom stereocenters. The van der Waals surface area contributed by atoms with Crippen LogP contribution < -0.4 is 5.32 Å². The molecule has 0 radical (unpaired) electrons. The number of rotatable bonds is 4. The average molecular weight is 267 g/mol. The summed E-state index contributed by atoms with van der Waals surface area (Å²) in [5.41, 5.74) is 0.737.